The van der Waals surface area contributed by atoms with Crippen LogP contribution in [0.1, 0.15) is 33.1 Å². The standard InChI is InChI=1S/C23H20N2O4S/c1-16-11-13-18(14-12-16)22(17-7-3-2-4-8-17)24-21(26)15-25-23(27)19-9-5-6-10-20(19)30(25,28)29/h2-14,22H,15H2,1H3,(H,24,26)/t22-/m1/s1. The first-order valence-electron chi connectivity index (χ1n) is 9.45. The highest BCUT2D eigenvalue weighted by molar-refractivity contribution is 7.90. The van der Waals surface area contributed by atoms with E-state index in [0.29, 0.717) is 4.31 Å². The molecule has 152 valence electrons. The Morgan fingerprint density at radius 1 is 0.900 bits per heavy atom. The van der Waals surface area contributed by atoms with Crippen LogP contribution in [-0.2, 0) is 14.8 Å². The minimum Gasteiger partial charge on any atom is -0.344 e. The number of carbonyl (C=O) groups excluding carboxylic acids is 2. The van der Waals surface area contributed by atoms with E-state index >= 15 is 0 Å². The van der Waals surface area contributed by atoms with Crippen molar-refractivity contribution in [3.05, 3.63) is 101 Å². The molecular formula is C23H20N2O4S. The number of carbonyl (C=O) groups is 2. The first-order valence-corrected chi connectivity index (χ1v) is 10.9. The molecule has 1 aliphatic rings. The molecule has 2 amide bonds. The van der Waals surface area contributed by atoms with Crippen molar-refractivity contribution in [1.29, 1.82) is 0 Å². The lowest BCUT2D eigenvalue weighted by atomic mass is 9.98. The highest BCUT2D eigenvalue weighted by atomic mass is 32.2. The largest absolute Gasteiger partial charge is 0.344 e. The molecule has 0 saturated carbocycles. The molecule has 0 aromatic heterocycles. The number of benzene rings is 3. The van der Waals surface area contributed by atoms with Gasteiger partial charge in [0, 0.05) is 0 Å². The highest BCUT2D eigenvalue weighted by Gasteiger charge is 2.42. The van der Waals surface area contributed by atoms with Gasteiger partial charge in [-0.1, -0.05) is 72.3 Å². The molecule has 6 nitrogen and oxygen atoms in total. The minimum absolute atomic E-state index is 0.0686. The van der Waals surface area contributed by atoms with Crippen LogP contribution in [0.5, 0.6) is 0 Å². The molecule has 0 bridgehead atoms. The predicted octanol–water partition coefficient (Wildman–Crippen LogP) is 3.05. The Labute approximate surface area is 175 Å². The molecule has 1 aliphatic heterocycles. The second-order valence-electron chi connectivity index (χ2n) is 7.13. The molecule has 0 fully saturated rings. The average molecular weight is 420 g/mol. The van der Waals surface area contributed by atoms with Gasteiger partial charge in [0.05, 0.1) is 11.6 Å². The fourth-order valence-corrected chi connectivity index (χ4v) is 5.01. The fourth-order valence-electron chi connectivity index (χ4n) is 3.49. The summed E-state index contributed by atoms with van der Waals surface area (Å²) in [5.74, 6) is -1.25. The monoisotopic (exact) mass is 420 g/mol. The Kier molecular flexibility index (Phi) is 5.13. The van der Waals surface area contributed by atoms with E-state index in [9.17, 15) is 18.0 Å². The molecule has 3 aromatic carbocycles. The third-order valence-electron chi connectivity index (χ3n) is 5.05. The van der Waals surface area contributed by atoms with E-state index in [1.165, 1.54) is 12.1 Å². The maximum absolute atomic E-state index is 12.8. The van der Waals surface area contributed by atoms with Crippen LogP contribution in [0, 0.1) is 6.92 Å². The number of fused-ring (bicyclic) bond motifs is 1. The Hall–Kier alpha value is -3.45. The molecule has 0 radical (unpaired) electrons. The van der Waals surface area contributed by atoms with E-state index in [1.54, 1.807) is 12.1 Å². The SMILES string of the molecule is Cc1ccc([C@H](NC(=O)CN2C(=O)c3ccccc3S2(=O)=O)c2ccccc2)cc1. The van der Waals surface area contributed by atoms with Crippen molar-refractivity contribution in [2.75, 3.05) is 6.54 Å². The van der Waals surface area contributed by atoms with Crippen molar-refractivity contribution >= 4 is 21.8 Å². The second-order valence-corrected chi connectivity index (χ2v) is 8.97. The smallest absolute Gasteiger partial charge is 0.269 e. The number of nitrogens with zero attached hydrogens (tertiary/aromatic N) is 1. The first-order chi connectivity index (χ1) is 14.4. The number of sulfonamides is 1. The summed E-state index contributed by atoms with van der Waals surface area (Å²) in [6.45, 7) is 1.40. The van der Waals surface area contributed by atoms with E-state index in [4.69, 9.17) is 0 Å². The average Bonchev–Trinajstić information content (AvgIpc) is 2.94. The molecule has 4 rings (SSSR count). The molecule has 0 saturated heterocycles. The van der Waals surface area contributed by atoms with Crippen LogP contribution in [0.4, 0.5) is 0 Å². The Morgan fingerprint density at radius 3 is 2.17 bits per heavy atom. The quantitative estimate of drug-likeness (QED) is 0.688. The number of rotatable bonds is 5. The molecule has 1 atom stereocenters. The third-order valence-corrected chi connectivity index (χ3v) is 6.84. The molecule has 1 N–H and O–H groups in total. The summed E-state index contributed by atoms with van der Waals surface area (Å²) < 4.78 is 26.1. The van der Waals surface area contributed by atoms with Gasteiger partial charge in [0.25, 0.3) is 15.9 Å². The summed E-state index contributed by atoms with van der Waals surface area (Å²) in [6.07, 6.45) is 0. The lowest BCUT2D eigenvalue weighted by Crippen LogP contribution is -2.41. The van der Waals surface area contributed by atoms with Gasteiger partial charge >= 0.3 is 0 Å². The number of nitrogens with one attached hydrogen (secondary N) is 1. The van der Waals surface area contributed by atoms with Crippen LogP contribution in [0.15, 0.2) is 83.8 Å². The minimum atomic E-state index is -4.04. The zero-order valence-corrected chi connectivity index (χ0v) is 17.1. The second kappa shape index (κ2) is 7.76. The van der Waals surface area contributed by atoms with E-state index in [0.717, 1.165) is 16.7 Å². The van der Waals surface area contributed by atoms with Gasteiger partial charge in [0.2, 0.25) is 5.91 Å². The van der Waals surface area contributed by atoms with Crippen molar-refractivity contribution in [1.82, 2.24) is 9.62 Å². The topological polar surface area (TPSA) is 83.6 Å². The van der Waals surface area contributed by atoms with Gasteiger partial charge in [-0.25, -0.2) is 12.7 Å². The van der Waals surface area contributed by atoms with Gasteiger partial charge in [-0.2, -0.15) is 0 Å². The zero-order chi connectivity index (χ0) is 21.3. The Bertz CT molecular complexity index is 1210. The van der Waals surface area contributed by atoms with Crippen LogP contribution in [0.3, 0.4) is 0 Å². The van der Waals surface area contributed by atoms with E-state index < -0.39 is 34.4 Å². The molecule has 0 aliphatic carbocycles. The van der Waals surface area contributed by atoms with Gasteiger partial charge in [-0.3, -0.25) is 9.59 Å². The van der Waals surface area contributed by atoms with Crippen molar-refractivity contribution < 1.29 is 18.0 Å². The van der Waals surface area contributed by atoms with Crippen LogP contribution >= 0.6 is 0 Å². The van der Waals surface area contributed by atoms with E-state index in [-0.39, 0.29) is 10.5 Å². The molecule has 7 heteroatoms. The lowest BCUT2D eigenvalue weighted by Gasteiger charge is -2.22. The Morgan fingerprint density at radius 2 is 1.50 bits per heavy atom. The zero-order valence-electron chi connectivity index (χ0n) is 16.3. The third kappa shape index (κ3) is 3.59. The van der Waals surface area contributed by atoms with Crippen molar-refractivity contribution in [3.63, 3.8) is 0 Å². The maximum Gasteiger partial charge on any atom is 0.269 e. The van der Waals surface area contributed by atoms with Crippen LogP contribution in [0.25, 0.3) is 0 Å². The predicted molar refractivity (Wildman–Crippen MR) is 112 cm³/mol. The number of aryl methyl sites for hydroxylation is 1. The van der Waals surface area contributed by atoms with E-state index in [1.807, 2.05) is 61.5 Å². The summed E-state index contributed by atoms with van der Waals surface area (Å²) >= 11 is 0. The van der Waals surface area contributed by atoms with Crippen molar-refractivity contribution in [2.24, 2.45) is 0 Å². The maximum atomic E-state index is 12.8. The number of amides is 2. The summed E-state index contributed by atoms with van der Waals surface area (Å²) in [7, 11) is -4.04. The lowest BCUT2D eigenvalue weighted by molar-refractivity contribution is -0.121. The van der Waals surface area contributed by atoms with Gasteiger partial charge in [-0.15, -0.1) is 0 Å². The molecule has 0 unspecified atom stereocenters. The van der Waals surface area contributed by atoms with Gasteiger partial charge in [-0.05, 0) is 30.2 Å². The summed E-state index contributed by atoms with van der Waals surface area (Å²) in [5, 5.41) is 2.88. The number of hydrogen-bond donors (Lipinski definition) is 1. The summed E-state index contributed by atoms with van der Waals surface area (Å²) in [5.41, 5.74) is 2.89. The van der Waals surface area contributed by atoms with E-state index in [2.05, 4.69) is 5.32 Å². The van der Waals surface area contributed by atoms with Gasteiger partial charge in [0.15, 0.2) is 0 Å². The van der Waals surface area contributed by atoms with Crippen LogP contribution in [0.2, 0.25) is 0 Å². The van der Waals surface area contributed by atoms with Gasteiger partial charge < -0.3 is 5.32 Å². The number of hydrogen-bond acceptors (Lipinski definition) is 4. The summed E-state index contributed by atoms with van der Waals surface area (Å²) in [4.78, 5) is 25.3. The normalized spacial score (nSPS) is 15.5. The molecule has 1 heterocycles. The molecule has 0 spiro atoms. The van der Waals surface area contributed by atoms with Crippen molar-refractivity contribution in [3.8, 4) is 0 Å². The van der Waals surface area contributed by atoms with Gasteiger partial charge in [0.1, 0.15) is 11.4 Å². The first kappa shape index (κ1) is 19.8. The highest BCUT2D eigenvalue weighted by Crippen LogP contribution is 2.30. The summed E-state index contributed by atoms with van der Waals surface area (Å²) in [6, 6.07) is 22.6. The van der Waals surface area contributed by atoms with Crippen molar-refractivity contribution in [2.45, 2.75) is 17.9 Å². The fraction of sp³-hybridized carbons (Fsp3) is 0.130. The Balaban J connectivity index is 1.60. The molecule has 30 heavy (non-hydrogen) atoms. The molecular weight excluding hydrogens is 400 g/mol. The molecule has 3 aromatic rings. The van der Waals surface area contributed by atoms with Crippen LogP contribution in [-0.4, -0.2) is 31.1 Å². The van der Waals surface area contributed by atoms with Crippen LogP contribution < -0.4 is 5.32 Å².